The summed E-state index contributed by atoms with van der Waals surface area (Å²) in [7, 11) is 0. The van der Waals surface area contributed by atoms with Gasteiger partial charge in [0.2, 0.25) is 0 Å². The van der Waals surface area contributed by atoms with E-state index in [9.17, 15) is 0 Å². The molecule has 0 unspecified atom stereocenters. The number of aliphatic imine (C=N–C) groups is 2. The van der Waals surface area contributed by atoms with Crippen LogP contribution in [-0.4, -0.2) is 23.0 Å². The molecule has 0 saturated heterocycles. The van der Waals surface area contributed by atoms with Crippen LogP contribution in [0, 0.1) is 6.92 Å². The van der Waals surface area contributed by atoms with Crippen LogP contribution >= 0.6 is 0 Å². The monoisotopic (exact) mass is 713 g/mol. The molecule has 270 valence electrons. The van der Waals surface area contributed by atoms with Crippen molar-refractivity contribution in [1.82, 2.24) is 4.90 Å². The van der Waals surface area contributed by atoms with Gasteiger partial charge >= 0.3 is 0 Å². The van der Waals surface area contributed by atoms with Gasteiger partial charge in [0.05, 0.1) is 17.9 Å². The van der Waals surface area contributed by atoms with Gasteiger partial charge in [-0.2, -0.15) is 0 Å². The summed E-state index contributed by atoms with van der Waals surface area (Å²) < 4.78 is 0. The van der Waals surface area contributed by atoms with E-state index in [1.807, 2.05) is 56.4 Å². The number of aryl methyl sites for hydroxylation is 2. The maximum atomic E-state index is 5.13. The topological polar surface area (TPSA) is 28.0 Å². The Morgan fingerprint density at radius 1 is 0.800 bits per heavy atom. The first-order chi connectivity index (χ1) is 26.9. The Bertz CT molecular complexity index is 2510. The van der Waals surface area contributed by atoms with Crippen LogP contribution in [0.1, 0.15) is 59.2 Å². The maximum Gasteiger partial charge on any atom is 0.141 e. The summed E-state index contributed by atoms with van der Waals surface area (Å²) in [5.41, 5.74) is 14.4. The minimum atomic E-state index is 0.541. The summed E-state index contributed by atoms with van der Waals surface area (Å²) in [6, 6.07) is 41.0. The highest BCUT2D eigenvalue weighted by molar-refractivity contribution is 6.25. The predicted molar refractivity (Wildman–Crippen MR) is 237 cm³/mol. The van der Waals surface area contributed by atoms with E-state index in [2.05, 4.69) is 153 Å². The van der Waals surface area contributed by atoms with Crippen molar-refractivity contribution in [2.75, 3.05) is 6.54 Å². The van der Waals surface area contributed by atoms with Gasteiger partial charge in [-0.05, 0) is 114 Å². The summed E-state index contributed by atoms with van der Waals surface area (Å²) >= 11 is 0. The number of allylic oxidation sites excluding steroid dienone is 7. The molecular formula is C52H47N3. The molecule has 0 N–H and O–H groups in total. The van der Waals surface area contributed by atoms with Crippen molar-refractivity contribution in [3.8, 4) is 0 Å². The van der Waals surface area contributed by atoms with E-state index < -0.39 is 0 Å². The van der Waals surface area contributed by atoms with Crippen molar-refractivity contribution in [1.29, 1.82) is 0 Å². The van der Waals surface area contributed by atoms with Gasteiger partial charge in [-0.1, -0.05) is 152 Å². The van der Waals surface area contributed by atoms with E-state index in [4.69, 9.17) is 9.98 Å². The molecule has 0 fully saturated rings. The lowest BCUT2D eigenvalue weighted by Crippen LogP contribution is -2.28. The van der Waals surface area contributed by atoms with Crippen molar-refractivity contribution >= 4 is 39.5 Å². The third-order valence-corrected chi connectivity index (χ3v) is 10.1. The Labute approximate surface area is 326 Å². The Morgan fingerprint density at radius 3 is 2.33 bits per heavy atom. The lowest BCUT2D eigenvalue weighted by atomic mass is 9.85. The molecule has 3 heteroatoms. The Hall–Kier alpha value is -6.58. The highest BCUT2D eigenvalue weighted by Gasteiger charge is 2.31. The largest absolute Gasteiger partial charge is 0.303 e. The molecule has 3 nitrogen and oxygen atoms in total. The molecule has 0 bridgehead atoms. The fraction of sp³-hybridized carbons (Fsp3) is 0.115. The summed E-state index contributed by atoms with van der Waals surface area (Å²) in [5, 5.41) is 2.42. The molecular weight excluding hydrogens is 667 g/mol. The summed E-state index contributed by atoms with van der Waals surface area (Å²) in [4.78, 5) is 12.2. The van der Waals surface area contributed by atoms with Crippen LogP contribution in [0.5, 0.6) is 0 Å². The first-order valence-electron chi connectivity index (χ1n) is 19.0. The molecule has 2 heterocycles. The molecule has 0 atom stereocenters. The van der Waals surface area contributed by atoms with Gasteiger partial charge in [-0.3, -0.25) is 9.98 Å². The van der Waals surface area contributed by atoms with Gasteiger partial charge in [-0.25, -0.2) is 0 Å². The minimum absolute atomic E-state index is 0.541. The third kappa shape index (κ3) is 8.32. The van der Waals surface area contributed by atoms with Crippen LogP contribution in [0.25, 0.3) is 28.0 Å². The quantitative estimate of drug-likeness (QED) is 0.116. The highest BCUT2D eigenvalue weighted by atomic mass is 15.2. The SMILES string of the molecule is C=C(/C=C\C=C/C)N=C(C)C1=CC=CN2C1=NC/C2=C(/c1ccc2ccccc2c1)c1ccccc1C(=C)c1ccc2c(c1)C=CCC2.Cc1ccccc1. The molecule has 1 aliphatic carbocycles. The second-order valence-corrected chi connectivity index (χ2v) is 13.9. The zero-order chi connectivity index (χ0) is 38.1. The molecule has 0 amide bonds. The second kappa shape index (κ2) is 17.0. The first kappa shape index (κ1) is 36.8. The summed E-state index contributed by atoms with van der Waals surface area (Å²) in [6.45, 7) is 15.5. The molecule has 5 aromatic carbocycles. The molecule has 55 heavy (non-hydrogen) atoms. The molecule has 5 aromatic rings. The number of benzene rings is 5. The summed E-state index contributed by atoms with van der Waals surface area (Å²) in [5.74, 6) is 0.898. The molecule has 2 aliphatic heterocycles. The number of hydrogen-bond donors (Lipinski definition) is 0. The van der Waals surface area contributed by atoms with Crippen LogP contribution < -0.4 is 0 Å². The fourth-order valence-electron chi connectivity index (χ4n) is 7.27. The number of nitrogens with zero attached hydrogens (tertiary/aromatic N) is 3. The van der Waals surface area contributed by atoms with E-state index in [0.717, 1.165) is 69.1 Å². The highest BCUT2D eigenvalue weighted by Crippen LogP contribution is 2.39. The average Bonchev–Trinajstić information content (AvgIpc) is 3.65. The van der Waals surface area contributed by atoms with Crippen LogP contribution in [0.15, 0.2) is 204 Å². The van der Waals surface area contributed by atoms with Crippen LogP contribution in [0.4, 0.5) is 0 Å². The van der Waals surface area contributed by atoms with Crippen LogP contribution in [-0.2, 0) is 6.42 Å². The van der Waals surface area contributed by atoms with Gasteiger partial charge in [0.1, 0.15) is 5.84 Å². The average molecular weight is 714 g/mol. The maximum absolute atomic E-state index is 5.13. The van der Waals surface area contributed by atoms with Gasteiger partial charge in [0.15, 0.2) is 0 Å². The standard InChI is InChI=1S/C45H39N3.C7H8/c1-5-6-7-15-31(2)47-33(4)41-22-14-27-48-43(30-46-45(41)48)44(39-26-24-35-17-9-11-19-38(35)29-39)42-21-13-12-20-40(42)32(3)36-25-23-34-16-8-10-18-37(34)28-36;1-7-5-3-2-4-6-7/h5-7,9-15,17-29H,2-3,8,16,30H2,1,4H3;2-6H,1H3/b6-5-,15-7-,44-43+,47-33?;. The van der Waals surface area contributed by atoms with Crippen molar-refractivity contribution in [3.63, 3.8) is 0 Å². The van der Waals surface area contributed by atoms with E-state index in [0.29, 0.717) is 12.2 Å². The zero-order valence-corrected chi connectivity index (χ0v) is 32.0. The zero-order valence-electron chi connectivity index (χ0n) is 32.0. The van der Waals surface area contributed by atoms with Crippen molar-refractivity contribution in [2.45, 2.75) is 33.6 Å². The van der Waals surface area contributed by atoms with E-state index in [1.54, 1.807) is 0 Å². The molecule has 8 rings (SSSR count). The molecule has 0 aromatic heterocycles. The van der Waals surface area contributed by atoms with Crippen molar-refractivity contribution in [3.05, 3.63) is 233 Å². The van der Waals surface area contributed by atoms with Gasteiger partial charge in [-0.15, -0.1) is 0 Å². The third-order valence-electron chi connectivity index (χ3n) is 10.1. The van der Waals surface area contributed by atoms with Gasteiger partial charge < -0.3 is 4.90 Å². The first-order valence-corrected chi connectivity index (χ1v) is 19.0. The van der Waals surface area contributed by atoms with E-state index in [1.165, 1.54) is 27.5 Å². The smallest absolute Gasteiger partial charge is 0.141 e. The van der Waals surface area contributed by atoms with Crippen molar-refractivity contribution < 1.29 is 0 Å². The number of hydrogen-bond acceptors (Lipinski definition) is 3. The van der Waals surface area contributed by atoms with Crippen LogP contribution in [0.3, 0.4) is 0 Å². The predicted octanol–water partition coefficient (Wildman–Crippen LogP) is 12.9. The Morgan fingerprint density at radius 2 is 1.55 bits per heavy atom. The Kier molecular flexibility index (Phi) is 11.4. The van der Waals surface area contributed by atoms with Crippen LogP contribution in [0.2, 0.25) is 0 Å². The minimum Gasteiger partial charge on any atom is -0.303 e. The molecule has 0 saturated carbocycles. The van der Waals surface area contributed by atoms with Gasteiger partial charge in [0.25, 0.3) is 0 Å². The molecule has 0 radical (unpaired) electrons. The number of amidine groups is 1. The number of fused-ring (bicyclic) bond motifs is 3. The van der Waals surface area contributed by atoms with E-state index in [-0.39, 0.29) is 0 Å². The fourth-order valence-corrected chi connectivity index (χ4v) is 7.27. The summed E-state index contributed by atoms with van der Waals surface area (Å²) in [6.07, 6.45) is 20.8. The molecule has 3 aliphatic rings. The number of rotatable bonds is 8. The van der Waals surface area contributed by atoms with Gasteiger partial charge in [0, 0.05) is 23.1 Å². The molecule has 0 spiro atoms. The lowest BCUT2D eigenvalue weighted by Gasteiger charge is -2.26. The second-order valence-electron chi connectivity index (χ2n) is 13.9. The Balaban J connectivity index is 0.000000599. The normalized spacial score (nSPS) is 15.7. The lowest BCUT2D eigenvalue weighted by molar-refractivity contribution is 0.715. The van der Waals surface area contributed by atoms with E-state index >= 15 is 0 Å². The van der Waals surface area contributed by atoms with Crippen molar-refractivity contribution in [2.24, 2.45) is 9.98 Å².